The van der Waals surface area contributed by atoms with E-state index in [1.54, 1.807) is 11.1 Å². The molecular formula is C26H27ClN4O2. The molecule has 170 valence electrons. The van der Waals surface area contributed by atoms with Crippen LogP contribution in [0.1, 0.15) is 19.3 Å². The molecule has 1 amide bonds. The number of nitrogens with zero attached hydrogens (tertiary/aromatic N) is 3. The summed E-state index contributed by atoms with van der Waals surface area (Å²) in [6.07, 6.45) is 4.26. The molecule has 2 aromatic carbocycles. The Bertz CT molecular complexity index is 1180. The second kappa shape index (κ2) is 9.41. The van der Waals surface area contributed by atoms with Crippen molar-refractivity contribution in [2.24, 2.45) is 0 Å². The molecule has 2 aliphatic rings. The van der Waals surface area contributed by atoms with E-state index in [1.165, 1.54) is 0 Å². The molecule has 0 spiro atoms. The smallest absolute Gasteiger partial charge is 0.227 e. The van der Waals surface area contributed by atoms with Crippen LogP contribution < -0.4 is 15.1 Å². The van der Waals surface area contributed by atoms with E-state index in [9.17, 15) is 9.90 Å². The van der Waals surface area contributed by atoms with Crippen molar-refractivity contribution in [3.63, 3.8) is 0 Å². The van der Waals surface area contributed by atoms with Gasteiger partial charge in [-0.2, -0.15) is 0 Å². The Hall–Kier alpha value is -3.09. The molecule has 7 heteroatoms. The molecule has 1 aromatic heterocycles. The number of rotatable bonds is 4. The van der Waals surface area contributed by atoms with Crippen LogP contribution in [-0.4, -0.2) is 48.7 Å². The molecular weight excluding hydrogens is 436 g/mol. The van der Waals surface area contributed by atoms with E-state index >= 15 is 0 Å². The molecule has 2 N–H and O–H groups in total. The van der Waals surface area contributed by atoms with Crippen molar-refractivity contribution in [2.75, 3.05) is 42.5 Å². The van der Waals surface area contributed by atoms with Crippen molar-refractivity contribution in [1.82, 2.24) is 10.3 Å². The van der Waals surface area contributed by atoms with Gasteiger partial charge in [0, 0.05) is 56.5 Å². The Morgan fingerprint density at radius 1 is 0.939 bits per heavy atom. The van der Waals surface area contributed by atoms with Crippen LogP contribution in [0.3, 0.4) is 0 Å². The van der Waals surface area contributed by atoms with Crippen LogP contribution in [-0.2, 0) is 4.79 Å². The summed E-state index contributed by atoms with van der Waals surface area (Å²) in [6, 6.07) is 15.3. The number of pyridine rings is 1. The second-order valence-corrected chi connectivity index (χ2v) is 8.92. The predicted molar refractivity (Wildman–Crippen MR) is 133 cm³/mol. The average molecular weight is 463 g/mol. The molecule has 0 bridgehead atoms. The van der Waals surface area contributed by atoms with E-state index in [0.717, 1.165) is 67.2 Å². The SMILES string of the molecule is O=C1CCCCN1c1ccc(-c2cccc(-c3ccnc(N4CCNCC4)c3)c2O)cc1Cl. The van der Waals surface area contributed by atoms with Crippen LogP contribution in [0.4, 0.5) is 11.5 Å². The molecule has 2 fully saturated rings. The van der Waals surface area contributed by atoms with E-state index < -0.39 is 0 Å². The number of piperidine rings is 1. The minimum absolute atomic E-state index is 0.110. The van der Waals surface area contributed by atoms with Gasteiger partial charge in [0.05, 0.1) is 10.7 Å². The van der Waals surface area contributed by atoms with Gasteiger partial charge >= 0.3 is 0 Å². The standard InChI is InChI=1S/C26H27ClN4O2/c27-22-16-18(7-8-23(22)31-13-2-1-6-25(31)32)20-4-3-5-21(26(20)33)19-9-10-29-24(17-19)30-14-11-28-12-15-30/h3-5,7-10,16-17,28,33H,1-2,6,11-15H2. The fourth-order valence-corrected chi connectivity index (χ4v) is 4.90. The lowest BCUT2D eigenvalue weighted by atomic mass is 9.97. The number of amides is 1. The summed E-state index contributed by atoms with van der Waals surface area (Å²) in [4.78, 5) is 20.9. The van der Waals surface area contributed by atoms with Gasteiger partial charge in [0.1, 0.15) is 11.6 Å². The zero-order chi connectivity index (χ0) is 22.8. The first-order valence-corrected chi connectivity index (χ1v) is 11.8. The molecule has 3 aromatic rings. The number of benzene rings is 2. The van der Waals surface area contributed by atoms with Crippen LogP contribution in [0.15, 0.2) is 54.7 Å². The minimum Gasteiger partial charge on any atom is -0.507 e. The van der Waals surface area contributed by atoms with Gasteiger partial charge in [-0.15, -0.1) is 0 Å². The number of para-hydroxylation sites is 1. The first-order valence-electron chi connectivity index (χ1n) is 11.5. The van der Waals surface area contributed by atoms with Gasteiger partial charge in [0.15, 0.2) is 0 Å². The van der Waals surface area contributed by atoms with Crippen molar-refractivity contribution >= 4 is 29.0 Å². The zero-order valence-corrected chi connectivity index (χ0v) is 19.2. The van der Waals surface area contributed by atoms with Crippen LogP contribution in [0.5, 0.6) is 5.75 Å². The van der Waals surface area contributed by atoms with Crippen molar-refractivity contribution < 1.29 is 9.90 Å². The number of aromatic hydroxyl groups is 1. The maximum atomic E-state index is 12.3. The number of hydrogen-bond acceptors (Lipinski definition) is 5. The van der Waals surface area contributed by atoms with Gasteiger partial charge in [0.25, 0.3) is 0 Å². The van der Waals surface area contributed by atoms with Crippen molar-refractivity contribution in [2.45, 2.75) is 19.3 Å². The first kappa shape index (κ1) is 21.7. The van der Waals surface area contributed by atoms with E-state index in [0.29, 0.717) is 23.6 Å². The molecule has 0 unspecified atom stereocenters. The molecule has 2 saturated heterocycles. The van der Waals surface area contributed by atoms with Crippen molar-refractivity contribution in [3.8, 4) is 28.0 Å². The summed E-state index contributed by atoms with van der Waals surface area (Å²) in [5.74, 6) is 1.23. The summed E-state index contributed by atoms with van der Waals surface area (Å²) >= 11 is 6.60. The maximum absolute atomic E-state index is 12.3. The minimum atomic E-state index is 0.110. The Balaban J connectivity index is 1.47. The number of nitrogens with one attached hydrogen (secondary N) is 1. The van der Waals surface area contributed by atoms with E-state index in [1.807, 2.05) is 48.5 Å². The van der Waals surface area contributed by atoms with Gasteiger partial charge in [-0.05, 0) is 48.2 Å². The number of carbonyl (C=O) groups excluding carboxylic acids is 1. The highest BCUT2D eigenvalue weighted by Gasteiger charge is 2.22. The lowest BCUT2D eigenvalue weighted by Crippen LogP contribution is -2.43. The highest BCUT2D eigenvalue weighted by molar-refractivity contribution is 6.34. The third-order valence-electron chi connectivity index (χ3n) is 6.41. The Labute approximate surface area is 198 Å². The summed E-state index contributed by atoms with van der Waals surface area (Å²) < 4.78 is 0. The molecule has 0 saturated carbocycles. The lowest BCUT2D eigenvalue weighted by molar-refractivity contribution is -0.119. The summed E-state index contributed by atoms with van der Waals surface area (Å²) in [6.45, 7) is 4.38. The topological polar surface area (TPSA) is 68.7 Å². The average Bonchev–Trinajstić information content (AvgIpc) is 2.85. The highest BCUT2D eigenvalue weighted by Crippen LogP contribution is 2.41. The van der Waals surface area contributed by atoms with Crippen molar-refractivity contribution in [3.05, 3.63) is 59.8 Å². The number of phenols is 1. The number of anilines is 2. The molecule has 0 atom stereocenters. The van der Waals surface area contributed by atoms with Crippen LogP contribution in [0, 0.1) is 0 Å². The summed E-state index contributed by atoms with van der Waals surface area (Å²) in [5.41, 5.74) is 3.91. The molecule has 33 heavy (non-hydrogen) atoms. The van der Waals surface area contributed by atoms with E-state index in [2.05, 4.69) is 15.2 Å². The van der Waals surface area contributed by atoms with Crippen molar-refractivity contribution in [1.29, 1.82) is 0 Å². The number of piperazine rings is 1. The highest BCUT2D eigenvalue weighted by atomic mass is 35.5. The third-order valence-corrected chi connectivity index (χ3v) is 6.71. The summed E-state index contributed by atoms with van der Waals surface area (Å²) in [7, 11) is 0. The van der Waals surface area contributed by atoms with Gasteiger partial charge in [-0.1, -0.05) is 35.9 Å². The van der Waals surface area contributed by atoms with Gasteiger partial charge in [-0.25, -0.2) is 4.98 Å². The second-order valence-electron chi connectivity index (χ2n) is 8.51. The van der Waals surface area contributed by atoms with Gasteiger partial charge < -0.3 is 20.2 Å². The van der Waals surface area contributed by atoms with Gasteiger partial charge in [0.2, 0.25) is 5.91 Å². The first-order chi connectivity index (χ1) is 16.1. The number of aromatic nitrogens is 1. The molecule has 0 aliphatic carbocycles. The number of halogens is 1. The normalized spacial score (nSPS) is 16.8. The predicted octanol–water partition coefficient (Wildman–Crippen LogP) is 4.70. The third kappa shape index (κ3) is 4.41. The van der Waals surface area contributed by atoms with Crippen LogP contribution in [0.2, 0.25) is 5.02 Å². The molecule has 5 rings (SSSR count). The van der Waals surface area contributed by atoms with Gasteiger partial charge in [-0.3, -0.25) is 4.79 Å². The Morgan fingerprint density at radius 2 is 1.70 bits per heavy atom. The van der Waals surface area contributed by atoms with E-state index in [4.69, 9.17) is 11.6 Å². The largest absolute Gasteiger partial charge is 0.507 e. The van der Waals surface area contributed by atoms with Crippen LogP contribution in [0.25, 0.3) is 22.3 Å². The fraction of sp³-hybridized carbons (Fsp3) is 0.308. The number of phenolic OH excluding ortho intramolecular Hbond substituents is 1. The molecule has 2 aliphatic heterocycles. The number of carbonyl (C=O) groups is 1. The maximum Gasteiger partial charge on any atom is 0.227 e. The fourth-order valence-electron chi connectivity index (χ4n) is 4.62. The lowest BCUT2D eigenvalue weighted by Gasteiger charge is -2.28. The molecule has 0 radical (unpaired) electrons. The monoisotopic (exact) mass is 462 g/mol. The quantitative estimate of drug-likeness (QED) is 0.588. The number of hydrogen-bond donors (Lipinski definition) is 2. The Kier molecular flexibility index (Phi) is 6.20. The van der Waals surface area contributed by atoms with Crippen LogP contribution >= 0.6 is 11.6 Å². The molecule has 3 heterocycles. The summed E-state index contributed by atoms with van der Waals surface area (Å²) in [5, 5.41) is 15.1. The Morgan fingerprint density at radius 3 is 2.42 bits per heavy atom. The van der Waals surface area contributed by atoms with E-state index in [-0.39, 0.29) is 11.7 Å². The zero-order valence-electron chi connectivity index (χ0n) is 18.4. The molecule has 6 nitrogen and oxygen atoms in total.